The van der Waals surface area contributed by atoms with Crippen LogP contribution in [0.25, 0.3) is 0 Å². The lowest BCUT2D eigenvalue weighted by atomic mass is 10.1. The SMILES string of the molecule is CC(C)(C)N1CCN(CC#N)CC1. The number of nitrogens with zero attached hydrogens (tertiary/aromatic N) is 3. The molecule has 0 aliphatic carbocycles. The van der Waals surface area contributed by atoms with Crippen molar-refractivity contribution >= 4 is 0 Å². The van der Waals surface area contributed by atoms with Gasteiger partial charge in [0.05, 0.1) is 12.6 Å². The van der Waals surface area contributed by atoms with Crippen molar-refractivity contribution in [3.63, 3.8) is 0 Å². The fraction of sp³-hybridized carbons (Fsp3) is 0.900. The van der Waals surface area contributed by atoms with E-state index in [2.05, 4.69) is 36.6 Å². The summed E-state index contributed by atoms with van der Waals surface area (Å²) in [5, 5.41) is 8.54. The lowest BCUT2D eigenvalue weighted by Crippen LogP contribution is -2.53. The van der Waals surface area contributed by atoms with E-state index in [1.54, 1.807) is 0 Å². The highest BCUT2D eigenvalue weighted by Crippen LogP contribution is 2.15. The van der Waals surface area contributed by atoms with Gasteiger partial charge in [-0.3, -0.25) is 9.80 Å². The highest BCUT2D eigenvalue weighted by molar-refractivity contribution is 4.85. The summed E-state index contributed by atoms with van der Waals surface area (Å²) in [5.41, 5.74) is 0.277. The second-order valence-corrected chi connectivity index (χ2v) is 4.59. The van der Waals surface area contributed by atoms with E-state index in [4.69, 9.17) is 5.26 Å². The Hall–Kier alpha value is -0.590. The van der Waals surface area contributed by atoms with Gasteiger partial charge in [0, 0.05) is 31.7 Å². The molecule has 3 nitrogen and oxygen atoms in total. The smallest absolute Gasteiger partial charge is 0.0866 e. The zero-order valence-corrected chi connectivity index (χ0v) is 8.88. The van der Waals surface area contributed by atoms with Crippen molar-refractivity contribution in [3.05, 3.63) is 0 Å². The topological polar surface area (TPSA) is 30.3 Å². The Morgan fingerprint density at radius 1 is 1.15 bits per heavy atom. The van der Waals surface area contributed by atoms with Crippen molar-refractivity contribution in [1.29, 1.82) is 5.26 Å². The van der Waals surface area contributed by atoms with Crippen LogP contribution < -0.4 is 0 Å². The summed E-state index contributed by atoms with van der Waals surface area (Å²) in [6.07, 6.45) is 0. The van der Waals surface area contributed by atoms with E-state index in [9.17, 15) is 0 Å². The molecule has 0 aromatic heterocycles. The number of piperazine rings is 1. The summed E-state index contributed by atoms with van der Waals surface area (Å²) in [4.78, 5) is 4.68. The zero-order valence-electron chi connectivity index (χ0n) is 8.88. The quantitative estimate of drug-likeness (QED) is 0.564. The number of nitriles is 1. The molecule has 1 aliphatic heterocycles. The lowest BCUT2D eigenvalue weighted by molar-refractivity contribution is 0.0681. The van der Waals surface area contributed by atoms with Gasteiger partial charge in [-0.05, 0) is 20.8 Å². The molecule has 1 fully saturated rings. The summed E-state index contributed by atoms with van der Waals surface area (Å²) in [6.45, 7) is 11.6. The minimum atomic E-state index is 0.277. The standard InChI is InChI=1S/C10H19N3/c1-10(2,3)13-8-6-12(5-4-11)7-9-13/h5-9H2,1-3H3. The van der Waals surface area contributed by atoms with Gasteiger partial charge in [-0.2, -0.15) is 5.26 Å². The molecule has 0 saturated carbocycles. The fourth-order valence-electron chi connectivity index (χ4n) is 1.68. The van der Waals surface area contributed by atoms with E-state index < -0.39 is 0 Å². The minimum Gasteiger partial charge on any atom is -0.296 e. The van der Waals surface area contributed by atoms with E-state index in [1.807, 2.05) is 0 Å². The Kier molecular flexibility index (Phi) is 3.29. The molecule has 0 unspecified atom stereocenters. The Morgan fingerprint density at radius 3 is 2.08 bits per heavy atom. The first-order valence-electron chi connectivity index (χ1n) is 4.88. The summed E-state index contributed by atoms with van der Waals surface area (Å²) >= 11 is 0. The molecule has 0 amide bonds. The van der Waals surface area contributed by atoms with Gasteiger partial charge in [-0.15, -0.1) is 0 Å². The van der Waals surface area contributed by atoms with Gasteiger partial charge < -0.3 is 0 Å². The molecule has 0 spiro atoms. The van der Waals surface area contributed by atoms with Gasteiger partial charge in [-0.25, -0.2) is 0 Å². The number of hydrogen-bond acceptors (Lipinski definition) is 3. The lowest BCUT2D eigenvalue weighted by Gasteiger charge is -2.41. The zero-order chi connectivity index (χ0) is 9.90. The van der Waals surface area contributed by atoms with Gasteiger partial charge in [0.2, 0.25) is 0 Å². The molecule has 1 aliphatic rings. The van der Waals surface area contributed by atoms with E-state index in [0.29, 0.717) is 6.54 Å². The van der Waals surface area contributed by atoms with Gasteiger partial charge >= 0.3 is 0 Å². The van der Waals surface area contributed by atoms with Crippen molar-refractivity contribution in [1.82, 2.24) is 9.80 Å². The fourth-order valence-corrected chi connectivity index (χ4v) is 1.68. The van der Waals surface area contributed by atoms with Crippen LogP contribution in [0, 0.1) is 11.3 Å². The van der Waals surface area contributed by atoms with E-state index in [-0.39, 0.29) is 5.54 Å². The third-order valence-electron chi connectivity index (χ3n) is 2.62. The molecule has 1 saturated heterocycles. The van der Waals surface area contributed by atoms with Crippen molar-refractivity contribution < 1.29 is 0 Å². The van der Waals surface area contributed by atoms with Crippen LogP contribution in [0.5, 0.6) is 0 Å². The second-order valence-electron chi connectivity index (χ2n) is 4.59. The third-order valence-corrected chi connectivity index (χ3v) is 2.62. The molecule has 1 heterocycles. The van der Waals surface area contributed by atoms with Gasteiger partial charge in [0.25, 0.3) is 0 Å². The molecule has 0 atom stereocenters. The maximum absolute atomic E-state index is 8.54. The van der Waals surface area contributed by atoms with Gasteiger partial charge in [0.1, 0.15) is 0 Å². The molecule has 0 N–H and O–H groups in total. The highest BCUT2D eigenvalue weighted by Gasteiger charge is 2.25. The average Bonchev–Trinajstić information content (AvgIpc) is 2.04. The number of rotatable bonds is 1. The van der Waals surface area contributed by atoms with Crippen LogP contribution in [0.4, 0.5) is 0 Å². The third kappa shape index (κ3) is 2.98. The molecule has 74 valence electrons. The first kappa shape index (κ1) is 10.5. The molecule has 3 heteroatoms. The molecule has 0 aromatic carbocycles. The molecular weight excluding hydrogens is 162 g/mol. The molecule has 13 heavy (non-hydrogen) atoms. The monoisotopic (exact) mass is 181 g/mol. The van der Waals surface area contributed by atoms with E-state index >= 15 is 0 Å². The Balaban J connectivity index is 2.36. The van der Waals surface area contributed by atoms with Crippen LogP contribution in [0.3, 0.4) is 0 Å². The maximum atomic E-state index is 8.54. The normalized spacial score (nSPS) is 21.4. The van der Waals surface area contributed by atoms with Gasteiger partial charge in [0.15, 0.2) is 0 Å². The van der Waals surface area contributed by atoms with Crippen LogP contribution in [0.2, 0.25) is 0 Å². The predicted octanol–water partition coefficient (Wildman–Crippen LogP) is 0.926. The Labute approximate surface area is 80.9 Å². The Bertz CT molecular complexity index is 191. The molecule has 1 rings (SSSR count). The molecule has 0 radical (unpaired) electrons. The second kappa shape index (κ2) is 4.08. The molecular formula is C10H19N3. The van der Waals surface area contributed by atoms with Crippen LogP contribution in [0.1, 0.15) is 20.8 Å². The largest absolute Gasteiger partial charge is 0.296 e. The summed E-state index contributed by atoms with van der Waals surface area (Å²) in [5.74, 6) is 0. The highest BCUT2D eigenvalue weighted by atomic mass is 15.3. The first-order valence-corrected chi connectivity index (χ1v) is 4.88. The van der Waals surface area contributed by atoms with Crippen LogP contribution in [-0.2, 0) is 0 Å². The minimum absolute atomic E-state index is 0.277. The van der Waals surface area contributed by atoms with Crippen LogP contribution in [-0.4, -0.2) is 48.1 Å². The maximum Gasteiger partial charge on any atom is 0.0866 e. The molecule has 0 bridgehead atoms. The van der Waals surface area contributed by atoms with Gasteiger partial charge in [-0.1, -0.05) is 0 Å². The summed E-state index contributed by atoms with van der Waals surface area (Å²) in [7, 11) is 0. The van der Waals surface area contributed by atoms with Crippen LogP contribution >= 0.6 is 0 Å². The van der Waals surface area contributed by atoms with E-state index in [1.165, 1.54) is 0 Å². The van der Waals surface area contributed by atoms with Crippen molar-refractivity contribution in [2.75, 3.05) is 32.7 Å². The Morgan fingerprint density at radius 2 is 1.69 bits per heavy atom. The first-order chi connectivity index (χ1) is 6.04. The van der Waals surface area contributed by atoms with E-state index in [0.717, 1.165) is 26.2 Å². The number of hydrogen-bond donors (Lipinski definition) is 0. The average molecular weight is 181 g/mol. The van der Waals surface area contributed by atoms with Crippen molar-refractivity contribution in [3.8, 4) is 6.07 Å². The summed E-state index contributed by atoms with van der Waals surface area (Å²) in [6, 6.07) is 2.20. The predicted molar refractivity (Wildman–Crippen MR) is 53.4 cm³/mol. The van der Waals surface area contributed by atoms with Crippen LogP contribution in [0.15, 0.2) is 0 Å². The molecule has 0 aromatic rings. The van der Waals surface area contributed by atoms with Crippen molar-refractivity contribution in [2.45, 2.75) is 26.3 Å². The van der Waals surface area contributed by atoms with Crippen molar-refractivity contribution in [2.24, 2.45) is 0 Å². The summed E-state index contributed by atoms with van der Waals surface area (Å²) < 4.78 is 0.